The number of hydrogen-bond acceptors (Lipinski definition) is 2. The van der Waals surface area contributed by atoms with Gasteiger partial charge in [-0.2, -0.15) is 0 Å². The van der Waals surface area contributed by atoms with Gasteiger partial charge in [-0.1, -0.05) is 206 Å². The van der Waals surface area contributed by atoms with Crippen molar-refractivity contribution in [1.29, 1.82) is 0 Å². The minimum Gasteiger partial charge on any atom is -0.396 e. The van der Waals surface area contributed by atoms with Gasteiger partial charge in [-0.05, 0) is 25.2 Å². The third kappa shape index (κ3) is 32.4. The molecule has 0 rings (SSSR count). The topological polar surface area (TPSA) is 40.5 Å². The van der Waals surface area contributed by atoms with Crippen molar-refractivity contribution in [2.24, 2.45) is 5.92 Å². The van der Waals surface area contributed by atoms with Gasteiger partial charge in [-0.15, -0.1) is 0 Å². The van der Waals surface area contributed by atoms with Gasteiger partial charge < -0.3 is 10.2 Å². The maximum Gasteiger partial charge on any atom is 0.0565 e. The molecule has 40 heavy (non-hydrogen) atoms. The second-order valence-corrected chi connectivity index (χ2v) is 13.5. The van der Waals surface area contributed by atoms with Gasteiger partial charge in [0.2, 0.25) is 0 Å². The number of aliphatic hydroxyl groups excluding tert-OH is 2. The number of hydrogen-bond donors (Lipinski definition) is 2. The molecule has 0 aliphatic rings. The molecular weight excluding hydrogens is 488 g/mol. The summed E-state index contributed by atoms with van der Waals surface area (Å²) in [4.78, 5) is 0. The van der Waals surface area contributed by atoms with Gasteiger partial charge in [0.1, 0.15) is 0 Å². The zero-order valence-electron chi connectivity index (χ0n) is 28.1. The van der Waals surface area contributed by atoms with E-state index < -0.39 is 0 Å². The standard InChI is InChI=1S/C38H78O2/c1-3-4-5-31-34-37(2)38(40)35-32-29-27-25-23-21-19-17-15-13-11-9-7-6-8-10-12-14-16-18-20-22-24-26-28-30-33-36-39/h37-40H,3-36H2,1-2H3. The van der Waals surface area contributed by atoms with Crippen LogP contribution in [0, 0.1) is 5.92 Å². The first-order valence-corrected chi connectivity index (χ1v) is 19.0. The number of rotatable bonds is 35. The van der Waals surface area contributed by atoms with Crippen molar-refractivity contribution in [2.75, 3.05) is 6.61 Å². The Balaban J connectivity index is 3.14. The molecule has 0 radical (unpaired) electrons. The third-order valence-electron chi connectivity index (χ3n) is 9.33. The highest BCUT2D eigenvalue weighted by Crippen LogP contribution is 2.20. The first-order chi connectivity index (χ1) is 19.7. The second kappa shape index (κ2) is 35.1. The number of unbranched alkanes of at least 4 members (excludes halogenated alkanes) is 29. The molecule has 2 atom stereocenters. The Morgan fingerprint density at radius 1 is 0.350 bits per heavy atom. The maximum absolute atomic E-state index is 10.4. The highest BCUT2D eigenvalue weighted by atomic mass is 16.3. The molecule has 0 aromatic heterocycles. The summed E-state index contributed by atoms with van der Waals surface area (Å²) in [5.41, 5.74) is 0. The molecule has 0 aliphatic heterocycles. The van der Waals surface area contributed by atoms with E-state index >= 15 is 0 Å². The monoisotopic (exact) mass is 567 g/mol. The quantitative estimate of drug-likeness (QED) is 0.0749. The Kier molecular flexibility index (Phi) is 35.0. The molecule has 0 saturated heterocycles. The van der Waals surface area contributed by atoms with Crippen molar-refractivity contribution in [2.45, 2.75) is 232 Å². The van der Waals surface area contributed by atoms with E-state index in [0.717, 1.165) is 12.8 Å². The van der Waals surface area contributed by atoms with Gasteiger partial charge in [0.15, 0.2) is 0 Å². The second-order valence-electron chi connectivity index (χ2n) is 13.5. The van der Waals surface area contributed by atoms with Crippen molar-refractivity contribution >= 4 is 0 Å². The Morgan fingerprint density at radius 3 is 0.900 bits per heavy atom. The summed E-state index contributed by atoms with van der Waals surface area (Å²) in [6.07, 6.45) is 45.1. The molecule has 2 heteroatoms. The molecule has 0 amide bonds. The Bertz CT molecular complexity index is 437. The molecule has 0 aromatic rings. The summed E-state index contributed by atoms with van der Waals surface area (Å²) in [6.45, 7) is 4.88. The molecular formula is C38H78O2. The normalized spacial score (nSPS) is 13.2. The first-order valence-electron chi connectivity index (χ1n) is 19.0. The lowest BCUT2D eigenvalue weighted by atomic mass is 9.93. The molecule has 0 aliphatic carbocycles. The Hall–Kier alpha value is -0.0800. The largest absolute Gasteiger partial charge is 0.396 e. The van der Waals surface area contributed by atoms with Crippen LogP contribution >= 0.6 is 0 Å². The fraction of sp³-hybridized carbons (Fsp3) is 1.00. The Morgan fingerprint density at radius 2 is 0.600 bits per heavy atom. The molecule has 2 N–H and O–H groups in total. The van der Waals surface area contributed by atoms with Crippen LogP contribution in [-0.2, 0) is 0 Å². The fourth-order valence-corrected chi connectivity index (χ4v) is 6.25. The summed E-state index contributed by atoms with van der Waals surface area (Å²) in [5.74, 6) is 0.488. The van der Waals surface area contributed by atoms with E-state index in [1.165, 1.54) is 199 Å². The molecule has 242 valence electrons. The predicted molar refractivity (Wildman–Crippen MR) is 180 cm³/mol. The highest BCUT2D eigenvalue weighted by molar-refractivity contribution is 4.65. The van der Waals surface area contributed by atoms with Gasteiger partial charge in [-0.25, -0.2) is 0 Å². The minimum absolute atomic E-state index is 0.0683. The Labute approximate surface area is 254 Å². The van der Waals surface area contributed by atoms with E-state index in [-0.39, 0.29) is 6.10 Å². The summed E-state index contributed by atoms with van der Waals surface area (Å²) in [5, 5.41) is 19.2. The van der Waals surface area contributed by atoms with Gasteiger partial charge in [0.05, 0.1) is 6.10 Å². The van der Waals surface area contributed by atoms with Crippen molar-refractivity contribution in [3.05, 3.63) is 0 Å². The van der Waals surface area contributed by atoms with Crippen molar-refractivity contribution in [3.8, 4) is 0 Å². The molecule has 0 spiro atoms. The van der Waals surface area contributed by atoms with Gasteiger partial charge in [-0.3, -0.25) is 0 Å². The van der Waals surface area contributed by atoms with Gasteiger partial charge in [0, 0.05) is 6.61 Å². The molecule has 2 nitrogen and oxygen atoms in total. The van der Waals surface area contributed by atoms with Gasteiger partial charge in [0.25, 0.3) is 0 Å². The lowest BCUT2D eigenvalue weighted by molar-refractivity contribution is 0.0985. The zero-order valence-corrected chi connectivity index (χ0v) is 28.1. The molecule has 2 unspecified atom stereocenters. The molecule has 0 saturated carbocycles. The third-order valence-corrected chi connectivity index (χ3v) is 9.33. The van der Waals surface area contributed by atoms with E-state index in [0.29, 0.717) is 12.5 Å². The van der Waals surface area contributed by atoms with Crippen LogP contribution in [0.3, 0.4) is 0 Å². The summed E-state index contributed by atoms with van der Waals surface area (Å²) < 4.78 is 0. The lowest BCUT2D eigenvalue weighted by Crippen LogP contribution is -2.17. The summed E-state index contributed by atoms with van der Waals surface area (Å²) in [6, 6.07) is 0. The first kappa shape index (κ1) is 39.9. The van der Waals surface area contributed by atoms with Crippen LogP contribution in [0.15, 0.2) is 0 Å². The van der Waals surface area contributed by atoms with E-state index in [4.69, 9.17) is 5.11 Å². The maximum atomic E-state index is 10.4. The smallest absolute Gasteiger partial charge is 0.0565 e. The molecule has 0 heterocycles. The average molecular weight is 567 g/mol. The summed E-state index contributed by atoms with van der Waals surface area (Å²) >= 11 is 0. The van der Waals surface area contributed by atoms with E-state index in [9.17, 15) is 5.11 Å². The van der Waals surface area contributed by atoms with Crippen LogP contribution in [-0.4, -0.2) is 22.9 Å². The van der Waals surface area contributed by atoms with Crippen molar-refractivity contribution in [3.63, 3.8) is 0 Å². The van der Waals surface area contributed by atoms with Gasteiger partial charge >= 0.3 is 0 Å². The fourth-order valence-electron chi connectivity index (χ4n) is 6.25. The highest BCUT2D eigenvalue weighted by Gasteiger charge is 2.13. The SMILES string of the molecule is CCCCCCC(C)C(O)CCCCCCCCCCCCCCCCCCCCCCCCCCCCCO. The zero-order chi connectivity index (χ0) is 29.2. The lowest BCUT2D eigenvalue weighted by Gasteiger charge is -2.18. The average Bonchev–Trinajstić information content (AvgIpc) is 2.96. The molecule has 0 bridgehead atoms. The van der Waals surface area contributed by atoms with E-state index in [1.807, 2.05) is 0 Å². The van der Waals surface area contributed by atoms with Crippen molar-refractivity contribution < 1.29 is 10.2 Å². The van der Waals surface area contributed by atoms with Crippen LogP contribution in [0.25, 0.3) is 0 Å². The van der Waals surface area contributed by atoms with E-state index in [1.54, 1.807) is 0 Å². The van der Waals surface area contributed by atoms with Crippen LogP contribution in [0.5, 0.6) is 0 Å². The number of aliphatic hydroxyl groups is 2. The van der Waals surface area contributed by atoms with Crippen LogP contribution < -0.4 is 0 Å². The van der Waals surface area contributed by atoms with Crippen molar-refractivity contribution in [1.82, 2.24) is 0 Å². The van der Waals surface area contributed by atoms with Crippen LogP contribution in [0.1, 0.15) is 226 Å². The minimum atomic E-state index is -0.0683. The van der Waals surface area contributed by atoms with Crippen LogP contribution in [0.2, 0.25) is 0 Å². The van der Waals surface area contributed by atoms with Crippen LogP contribution in [0.4, 0.5) is 0 Å². The summed E-state index contributed by atoms with van der Waals surface area (Å²) in [7, 11) is 0. The van der Waals surface area contributed by atoms with E-state index in [2.05, 4.69) is 13.8 Å². The molecule has 0 fully saturated rings. The molecule has 0 aromatic carbocycles. The predicted octanol–water partition coefficient (Wildman–Crippen LogP) is 12.9.